The molecule has 0 fully saturated rings. The van der Waals surface area contributed by atoms with Crippen molar-refractivity contribution in [2.24, 2.45) is 0 Å². The van der Waals surface area contributed by atoms with Crippen LogP contribution in [0.25, 0.3) is 0 Å². The molecule has 25 heavy (non-hydrogen) atoms. The summed E-state index contributed by atoms with van der Waals surface area (Å²) in [7, 11) is 1.75. The van der Waals surface area contributed by atoms with E-state index in [2.05, 4.69) is 9.97 Å². The van der Waals surface area contributed by atoms with Crippen LogP contribution in [0.1, 0.15) is 43.6 Å². The summed E-state index contributed by atoms with van der Waals surface area (Å²) in [5.74, 6) is 0.490. The Bertz CT molecular complexity index is 740. The number of hydrogen-bond donors (Lipinski definition) is 0. The Hall–Kier alpha value is -2.14. The van der Waals surface area contributed by atoms with Gasteiger partial charge in [0.25, 0.3) is 5.91 Å². The maximum absolute atomic E-state index is 13.0. The zero-order chi connectivity index (χ0) is 18.8. The van der Waals surface area contributed by atoms with Gasteiger partial charge in [-0.25, -0.2) is 9.97 Å². The number of likely N-dealkylation sites (N-methyl/N-ethyl adjacent to an activating group) is 1. The van der Waals surface area contributed by atoms with Gasteiger partial charge in [-0.2, -0.15) is 0 Å². The Morgan fingerprint density at radius 1 is 1.28 bits per heavy atom. The van der Waals surface area contributed by atoms with Gasteiger partial charge >= 0.3 is 0 Å². The third-order valence-corrected chi connectivity index (χ3v) is 4.83. The summed E-state index contributed by atoms with van der Waals surface area (Å²) in [5.41, 5.74) is 1.59. The first kappa shape index (κ1) is 19.2. The number of aryl methyl sites for hydroxylation is 2. The fraction of sp³-hybridized carbons (Fsp3) is 0.421. The van der Waals surface area contributed by atoms with Crippen molar-refractivity contribution in [2.45, 2.75) is 46.3 Å². The normalized spacial score (nSPS) is 12.6. The highest BCUT2D eigenvalue weighted by atomic mass is 35.5. The fourth-order valence-corrected chi connectivity index (χ4v) is 2.76. The Morgan fingerprint density at radius 2 is 1.88 bits per heavy atom. The number of amides is 1. The highest BCUT2D eigenvalue weighted by molar-refractivity contribution is 6.32. The molecule has 2 aromatic rings. The summed E-state index contributed by atoms with van der Waals surface area (Å²) in [6, 6.07) is 5.30. The average Bonchev–Trinajstić information content (AvgIpc) is 2.58. The first-order chi connectivity index (χ1) is 11.6. The summed E-state index contributed by atoms with van der Waals surface area (Å²) >= 11 is 6.20. The summed E-state index contributed by atoms with van der Waals surface area (Å²) < 4.78 is 6.00. The average molecular weight is 362 g/mol. The summed E-state index contributed by atoms with van der Waals surface area (Å²) in [5, 5.41) is 0.714. The predicted molar refractivity (Wildman–Crippen MR) is 98.9 cm³/mol. The van der Waals surface area contributed by atoms with E-state index in [0.717, 1.165) is 16.8 Å². The minimum absolute atomic E-state index is 0.135. The van der Waals surface area contributed by atoms with Crippen LogP contribution in [0.5, 0.6) is 5.75 Å². The molecule has 1 aromatic heterocycles. The lowest BCUT2D eigenvalue weighted by atomic mass is 10.1. The number of halogens is 1. The van der Waals surface area contributed by atoms with E-state index in [1.54, 1.807) is 38.1 Å². The van der Waals surface area contributed by atoms with Gasteiger partial charge in [0.2, 0.25) is 0 Å². The van der Waals surface area contributed by atoms with Gasteiger partial charge in [-0.05, 0) is 63.9 Å². The molecule has 0 aliphatic rings. The Kier molecular flexibility index (Phi) is 5.68. The quantitative estimate of drug-likeness (QED) is 0.803. The highest BCUT2D eigenvalue weighted by Crippen LogP contribution is 2.29. The zero-order valence-electron chi connectivity index (χ0n) is 15.5. The Balaban J connectivity index is 2.19. The topological polar surface area (TPSA) is 55.3 Å². The van der Waals surface area contributed by atoms with E-state index in [-0.39, 0.29) is 11.9 Å². The van der Waals surface area contributed by atoms with Gasteiger partial charge in [0.05, 0.1) is 11.7 Å². The maximum atomic E-state index is 13.0. The van der Waals surface area contributed by atoms with Crippen LogP contribution in [-0.2, 0) is 4.79 Å². The van der Waals surface area contributed by atoms with Crippen LogP contribution >= 0.6 is 11.6 Å². The molecule has 0 saturated heterocycles. The van der Waals surface area contributed by atoms with Crippen LogP contribution in [0, 0.1) is 13.8 Å². The molecule has 0 aliphatic carbocycles. The van der Waals surface area contributed by atoms with E-state index in [1.807, 2.05) is 32.9 Å². The number of benzene rings is 1. The first-order valence-corrected chi connectivity index (χ1v) is 8.50. The fourth-order valence-electron chi connectivity index (χ4n) is 2.65. The molecule has 0 saturated carbocycles. The van der Waals surface area contributed by atoms with Crippen LogP contribution in [0.2, 0.25) is 5.02 Å². The molecule has 0 unspecified atom stereocenters. The second-order valence-corrected chi connectivity index (χ2v) is 7.09. The molecule has 0 radical (unpaired) electrons. The smallest absolute Gasteiger partial charge is 0.266 e. The molecule has 0 spiro atoms. The van der Waals surface area contributed by atoms with Gasteiger partial charge in [0.15, 0.2) is 5.60 Å². The largest absolute Gasteiger partial charge is 0.478 e. The molecule has 1 atom stereocenters. The molecular weight excluding hydrogens is 338 g/mol. The standard InChI is InChI=1S/C19H24ClN3O2/c1-12-9-15(10-13(2)17(12)20)25-19(4,5)18(24)23(6)14(3)16-7-8-21-11-22-16/h7-11,14H,1-6H3/t14-/m1/s1. The van der Waals surface area contributed by atoms with Gasteiger partial charge in [-0.15, -0.1) is 0 Å². The van der Waals surface area contributed by atoms with E-state index < -0.39 is 5.60 Å². The van der Waals surface area contributed by atoms with Crippen LogP contribution in [0.15, 0.2) is 30.7 Å². The maximum Gasteiger partial charge on any atom is 0.266 e. The molecule has 1 aromatic carbocycles. The molecule has 5 nitrogen and oxygen atoms in total. The predicted octanol–water partition coefficient (Wildman–Crippen LogP) is 4.12. The van der Waals surface area contributed by atoms with E-state index in [0.29, 0.717) is 10.8 Å². The zero-order valence-corrected chi connectivity index (χ0v) is 16.3. The van der Waals surface area contributed by atoms with Crippen molar-refractivity contribution in [3.8, 4) is 5.75 Å². The number of rotatable bonds is 5. The van der Waals surface area contributed by atoms with Gasteiger partial charge in [0, 0.05) is 18.3 Å². The Morgan fingerprint density at radius 3 is 2.40 bits per heavy atom. The van der Waals surface area contributed by atoms with Crippen molar-refractivity contribution in [2.75, 3.05) is 7.05 Å². The van der Waals surface area contributed by atoms with Gasteiger partial charge in [-0.3, -0.25) is 4.79 Å². The van der Waals surface area contributed by atoms with Gasteiger partial charge in [0.1, 0.15) is 12.1 Å². The monoisotopic (exact) mass is 361 g/mol. The number of nitrogens with zero attached hydrogens (tertiary/aromatic N) is 3. The van der Waals surface area contributed by atoms with Crippen LogP contribution in [-0.4, -0.2) is 33.4 Å². The molecular formula is C19H24ClN3O2. The molecule has 2 rings (SSSR count). The second-order valence-electron chi connectivity index (χ2n) is 6.71. The summed E-state index contributed by atoms with van der Waals surface area (Å²) in [6.07, 6.45) is 3.14. The van der Waals surface area contributed by atoms with Crippen molar-refractivity contribution in [1.29, 1.82) is 0 Å². The van der Waals surface area contributed by atoms with Gasteiger partial charge < -0.3 is 9.64 Å². The van der Waals surface area contributed by atoms with Crippen LogP contribution in [0.4, 0.5) is 0 Å². The molecule has 0 aliphatic heterocycles. The molecule has 0 N–H and O–H groups in total. The van der Waals surface area contributed by atoms with Crippen molar-refractivity contribution >= 4 is 17.5 Å². The molecule has 1 heterocycles. The lowest BCUT2D eigenvalue weighted by molar-refractivity contribution is -0.146. The first-order valence-electron chi connectivity index (χ1n) is 8.12. The molecule has 0 bridgehead atoms. The second kappa shape index (κ2) is 7.40. The van der Waals surface area contributed by atoms with E-state index in [9.17, 15) is 4.79 Å². The van der Waals surface area contributed by atoms with E-state index >= 15 is 0 Å². The SMILES string of the molecule is Cc1cc(OC(C)(C)C(=O)N(C)[C@H](C)c2ccncn2)cc(C)c1Cl. The number of carbonyl (C=O) groups excluding carboxylic acids is 1. The van der Waals surface area contributed by atoms with Crippen molar-refractivity contribution in [3.63, 3.8) is 0 Å². The lowest BCUT2D eigenvalue weighted by Gasteiger charge is -2.33. The number of ether oxygens (including phenoxy) is 1. The summed E-state index contributed by atoms with van der Waals surface area (Å²) in [4.78, 5) is 22.7. The minimum atomic E-state index is -1.03. The molecule has 6 heteroatoms. The van der Waals surface area contributed by atoms with Crippen molar-refractivity contribution in [3.05, 3.63) is 52.6 Å². The van der Waals surface area contributed by atoms with Gasteiger partial charge in [-0.1, -0.05) is 11.6 Å². The number of aromatic nitrogens is 2. The lowest BCUT2D eigenvalue weighted by Crippen LogP contribution is -2.48. The Labute approximate surface area is 154 Å². The molecule has 134 valence electrons. The van der Waals surface area contributed by atoms with Crippen LogP contribution < -0.4 is 4.74 Å². The van der Waals surface area contributed by atoms with Crippen molar-refractivity contribution in [1.82, 2.24) is 14.9 Å². The number of carbonyl (C=O) groups is 1. The highest BCUT2D eigenvalue weighted by Gasteiger charge is 2.35. The van der Waals surface area contributed by atoms with E-state index in [1.165, 1.54) is 6.33 Å². The minimum Gasteiger partial charge on any atom is -0.478 e. The summed E-state index contributed by atoms with van der Waals surface area (Å²) in [6.45, 7) is 9.28. The third kappa shape index (κ3) is 4.28. The van der Waals surface area contributed by atoms with Crippen LogP contribution in [0.3, 0.4) is 0 Å². The van der Waals surface area contributed by atoms with Crippen molar-refractivity contribution < 1.29 is 9.53 Å². The van der Waals surface area contributed by atoms with E-state index in [4.69, 9.17) is 16.3 Å². The number of hydrogen-bond acceptors (Lipinski definition) is 4. The third-order valence-electron chi connectivity index (χ3n) is 4.23. The molecule has 1 amide bonds.